The van der Waals surface area contributed by atoms with E-state index in [2.05, 4.69) is 9.64 Å². The Morgan fingerprint density at radius 3 is 2.82 bits per heavy atom. The number of fused-ring (bicyclic) bond motifs is 1. The standard InChI is InChI=1S/C7H11NO2.ClH/c1-10-7(9)6-5-3-2-4-8(5)6;/h5-6H,2-4H2,1H3;1H. The highest BCUT2D eigenvalue weighted by Gasteiger charge is 2.55. The quantitative estimate of drug-likeness (QED) is 0.430. The zero-order chi connectivity index (χ0) is 7.14. The first-order chi connectivity index (χ1) is 4.84. The first kappa shape index (κ1) is 8.81. The van der Waals surface area contributed by atoms with E-state index >= 15 is 0 Å². The van der Waals surface area contributed by atoms with Crippen LogP contribution in [-0.2, 0) is 9.53 Å². The first-order valence-electron chi connectivity index (χ1n) is 3.68. The Kier molecular flexibility index (Phi) is 2.40. The summed E-state index contributed by atoms with van der Waals surface area (Å²) in [5, 5.41) is 0. The molecule has 3 unspecified atom stereocenters. The maximum Gasteiger partial charge on any atom is 0.324 e. The van der Waals surface area contributed by atoms with Crippen LogP contribution in [0.5, 0.6) is 0 Å². The van der Waals surface area contributed by atoms with E-state index in [0.717, 1.165) is 6.54 Å². The monoisotopic (exact) mass is 177 g/mol. The third-order valence-corrected chi connectivity index (χ3v) is 2.42. The molecule has 0 aromatic heterocycles. The summed E-state index contributed by atoms with van der Waals surface area (Å²) in [6.45, 7) is 1.09. The van der Waals surface area contributed by atoms with Crippen LogP contribution >= 0.6 is 12.4 Å². The van der Waals surface area contributed by atoms with E-state index in [9.17, 15) is 4.79 Å². The van der Waals surface area contributed by atoms with Crippen LogP contribution in [0, 0.1) is 0 Å². The molecule has 0 aliphatic carbocycles. The molecular formula is C7H12ClNO2. The van der Waals surface area contributed by atoms with Crippen molar-refractivity contribution >= 4 is 18.4 Å². The molecule has 0 aromatic carbocycles. The molecule has 64 valence electrons. The number of piperidine rings is 1. The van der Waals surface area contributed by atoms with E-state index in [0.29, 0.717) is 6.04 Å². The van der Waals surface area contributed by atoms with E-state index in [1.54, 1.807) is 0 Å². The molecule has 2 fully saturated rings. The Morgan fingerprint density at radius 2 is 2.36 bits per heavy atom. The Bertz CT molecular complexity index is 164. The van der Waals surface area contributed by atoms with Gasteiger partial charge in [-0.2, -0.15) is 0 Å². The summed E-state index contributed by atoms with van der Waals surface area (Å²) in [5.74, 6) is -0.0512. The topological polar surface area (TPSA) is 29.3 Å². The van der Waals surface area contributed by atoms with Crippen LogP contribution in [0.2, 0.25) is 0 Å². The number of rotatable bonds is 1. The predicted molar refractivity (Wildman–Crippen MR) is 42.8 cm³/mol. The van der Waals surface area contributed by atoms with Gasteiger partial charge in [-0.25, -0.2) is 0 Å². The van der Waals surface area contributed by atoms with E-state index in [1.165, 1.54) is 20.0 Å². The van der Waals surface area contributed by atoms with Gasteiger partial charge in [0.05, 0.1) is 7.11 Å². The number of carbonyl (C=O) groups excluding carboxylic acids is 1. The molecule has 0 amide bonds. The summed E-state index contributed by atoms with van der Waals surface area (Å²) in [4.78, 5) is 13.1. The molecule has 4 heteroatoms. The van der Waals surface area contributed by atoms with Crippen molar-refractivity contribution in [2.24, 2.45) is 0 Å². The molecule has 2 aliphatic heterocycles. The lowest BCUT2D eigenvalue weighted by molar-refractivity contribution is -0.141. The number of esters is 1. The van der Waals surface area contributed by atoms with Crippen LogP contribution in [0.15, 0.2) is 0 Å². The van der Waals surface area contributed by atoms with Crippen molar-refractivity contribution in [3.8, 4) is 0 Å². The Balaban J connectivity index is 0.000000605. The second-order valence-corrected chi connectivity index (χ2v) is 2.92. The third kappa shape index (κ3) is 1.23. The molecular weight excluding hydrogens is 166 g/mol. The average molecular weight is 178 g/mol. The molecule has 2 saturated heterocycles. The fourth-order valence-corrected chi connectivity index (χ4v) is 1.86. The van der Waals surface area contributed by atoms with Gasteiger partial charge in [0.2, 0.25) is 0 Å². The van der Waals surface area contributed by atoms with Crippen LogP contribution in [0.1, 0.15) is 12.8 Å². The van der Waals surface area contributed by atoms with Crippen molar-refractivity contribution in [3.05, 3.63) is 0 Å². The summed E-state index contributed by atoms with van der Waals surface area (Å²) >= 11 is 0. The van der Waals surface area contributed by atoms with Crippen LogP contribution in [0.25, 0.3) is 0 Å². The number of hydrogen-bond donors (Lipinski definition) is 0. The number of carbonyl (C=O) groups is 1. The zero-order valence-corrected chi connectivity index (χ0v) is 7.26. The number of ether oxygens (including phenoxy) is 1. The molecule has 0 spiro atoms. The second-order valence-electron chi connectivity index (χ2n) is 2.92. The summed E-state index contributed by atoms with van der Waals surface area (Å²) in [5.41, 5.74) is 0. The van der Waals surface area contributed by atoms with Crippen LogP contribution < -0.4 is 0 Å². The summed E-state index contributed by atoms with van der Waals surface area (Å²) in [6, 6.07) is 0.659. The number of methoxy groups -OCH3 is 1. The minimum atomic E-state index is -0.0512. The molecule has 11 heavy (non-hydrogen) atoms. The van der Waals surface area contributed by atoms with Gasteiger partial charge in [0.25, 0.3) is 0 Å². The maximum absolute atomic E-state index is 10.9. The molecule has 0 aromatic rings. The lowest BCUT2D eigenvalue weighted by Gasteiger charge is -1.98. The van der Waals surface area contributed by atoms with Gasteiger partial charge >= 0.3 is 5.97 Å². The van der Waals surface area contributed by atoms with Gasteiger partial charge in [-0.3, -0.25) is 9.69 Å². The van der Waals surface area contributed by atoms with Crippen molar-refractivity contribution in [2.75, 3.05) is 13.7 Å². The Morgan fingerprint density at radius 1 is 1.64 bits per heavy atom. The van der Waals surface area contributed by atoms with Gasteiger partial charge in [-0.1, -0.05) is 0 Å². The molecule has 3 atom stereocenters. The molecule has 0 radical (unpaired) electrons. The van der Waals surface area contributed by atoms with Crippen molar-refractivity contribution < 1.29 is 9.53 Å². The summed E-state index contributed by atoms with van der Waals surface area (Å²) in [7, 11) is 1.46. The van der Waals surface area contributed by atoms with Gasteiger partial charge in [0, 0.05) is 6.04 Å². The average Bonchev–Trinajstić information content (AvgIpc) is 2.43. The highest BCUT2D eigenvalue weighted by molar-refractivity contribution is 5.85. The van der Waals surface area contributed by atoms with Crippen molar-refractivity contribution in [1.82, 2.24) is 4.90 Å². The van der Waals surface area contributed by atoms with E-state index in [4.69, 9.17) is 0 Å². The summed E-state index contributed by atoms with van der Waals surface area (Å²) < 4.78 is 4.63. The molecule has 3 nitrogen and oxygen atoms in total. The first-order valence-corrected chi connectivity index (χ1v) is 3.68. The zero-order valence-electron chi connectivity index (χ0n) is 6.45. The fraction of sp³-hybridized carbons (Fsp3) is 0.857. The van der Waals surface area contributed by atoms with Crippen LogP contribution in [0.3, 0.4) is 0 Å². The van der Waals surface area contributed by atoms with E-state index < -0.39 is 0 Å². The minimum absolute atomic E-state index is 0. The van der Waals surface area contributed by atoms with E-state index in [1.807, 2.05) is 0 Å². The maximum atomic E-state index is 10.9. The number of halogens is 1. The normalized spacial score (nSPS) is 38.8. The molecule has 2 heterocycles. The molecule has 2 aliphatic rings. The smallest absolute Gasteiger partial charge is 0.324 e. The largest absolute Gasteiger partial charge is 0.468 e. The van der Waals surface area contributed by atoms with Crippen LogP contribution in [-0.4, -0.2) is 36.6 Å². The highest BCUT2D eigenvalue weighted by atomic mass is 35.5. The van der Waals surface area contributed by atoms with Gasteiger partial charge in [-0.05, 0) is 19.4 Å². The highest BCUT2D eigenvalue weighted by Crippen LogP contribution is 2.38. The van der Waals surface area contributed by atoms with Crippen molar-refractivity contribution in [2.45, 2.75) is 24.9 Å². The van der Waals surface area contributed by atoms with Gasteiger partial charge in [0.1, 0.15) is 6.04 Å². The number of nitrogens with zero attached hydrogens (tertiary/aromatic N) is 1. The van der Waals surface area contributed by atoms with E-state index in [-0.39, 0.29) is 24.4 Å². The molecule has 0 bridgehead atoms. The fourth-order valence-electron chi connectivity index (χ4n) is 1.86. The van der Waals surface area contributed by atoms with Crippen LogP contribution in [0.4, 0.5) is 0 Å². The Labute approximate surface area is 72.1 Å². The Hall–Kier alpha value is -0.280. The van der Waals surface area contributed by atoms with Gasteiger partial charge in [-0.15, -0.1) is 12.4 Å². The molecule has 0 N–H and O–H groups in total. The van der Waals surface area contributed by atoms with Gasteiger partial charge < -0.3 is 4.74 Å². The lowest BCUT2D eigenvalue weighted by atomic mass is 10.2. The molecule has 2 rings (SSSR count). The van der Waals surface area contributed by atoms with Crippen molar-refractivity contribution in [3.63, 3.8) is 0 Å². The lowest BCUT2D eigenvalue weighted by Crippen LogP contribution is -2.16. The van der Waals surface area contributed by atoms with Crippen molar-refractivity contribution in [1.29, 1.82) is 0 Å². The minimum Gasteiger partial charge on any atom is -0.468 e. The van der Waals surface area contributed by atoms with Gasteiger partial charge in [0.15, 0.2) is 0 Å². The SMILES string of the molecule is COC(=O)C1C2CCCN21.Cl. The second kappa shape index (κ2) is 2.99. The predicted octanol–water partition coefficient (Wildman–Crippen LogP) is 0.428. The molecule has 0 saturated carbocycles. The summed E-state index contributed by atoms with van der Waals surface area (Å²) in [6.07, 6.45) is 2.43. The third-order valence-electron chi connectivity index (χ3n) is 2.42. The number of hydrogen-bond acceptors (Lipinski definition) is 3.